The summed E-state index contributed by atoms with van der Waals surface area (Å²) in [6, 6.07) is 28.1. The number of pyridine rings is 1. The number of carbonyl (C=O) groups excluding carboxylic acids is 1. The summed E-state index contributed by atoms with van der Waals surface area (Å²) in [5.74, 6) is 2.49. The third-order valence-corrected chi connectivity index (χ3v) is 10.6. The zero-order valence-electron chi connectivity index (χ0n) is 31.9. The van der Waals surface area contributed by atoms with Crippen molar-refractivity contribution in [2.75, 3.05) is 0 Å². The predicted octanol–water partition coefficient (Wildman–Crippen LogP) is 13.1. The Bertz CT molecular complexity index is 1900. The van der Waals surface area contributed by atoms with Crippen molar-refractivity contribution >= 4 is 38.1 Å². The molecule has 1 aromatic heterocycles. The number of aliphatic hydroxyl groups excluding tert-OH is 1. The van der Waals surface area contributed by atoms with E-state index in [9.17, 15) is 9.90 Å². The van der Waals surface area contributed by atoms with Crippen molar-refractivity contribution in [2.45, 2.75) is 106 Å². The van der Waals surface area contributed by atoms with Crippen LogP contribution >= 0.6 is 0 Å². The molecule has 0 aliphatic heterocycles. The number of rotatable bonds is 12. The maximum absolute atomic E-state index is 12.3. The van der Waals surface area contributed by atoms with Gasteiger partial charge in [-0.3, -0.25) is 4.79 Å². The van der Waals surface area contributed by atoms with E-state index in [0.717, 1.165) is 43.4 Å². The summed E-state index contributed by atoms with van der Waals surface area (Å²) in [6.07, 6.45) is 13.2. The van der Waals surface area contributed by atoms with Gasteiger partial charge in [0.25, 0.3) is 0 Å². The molecule has 4 heteroatoms. The van der Waals surface area contributed by atoms with E-state index in [-0.39, 0.29) is 37.7 Å². The van der Waals surface area contributed by atoms with Crippen LogP contribution in [0.2, 0.25) is 0 Å². The number of fused-ring (bicyclic) bond motifs is 5. The number of ketones is 1. The third-order valence-electron chi connectivity index (χ3n) is 10.6. The molecule has 1 N–H and O–H groups in total. The van der Waals surface area contributed by atoms with Gasteiger partial charge in [-0.15, -0.1) is 34.9 Å². The van der Waals surface area contributed by atoms with Gasteiger partial charge in [0.05, 0.1) is 5.76 Å². The number of hydrogen-bond acceptors (Lipinski definition) is 3. The molecular formula is C47H58IrNO2-. The molecule has 1 aliphatic rings. The zero-order valence-corrected chi connectivity index (χ0v) is 34.3. The number of allylic oxidation sites excluding steroid dienone is 2. The van der Waals surface area contributed by atoms with Crippen LogP contribution in [0.4, 0.5) is 0 Å². The van der Waals surface area contributed by atoms with Crippen LogP contribution in [0.15, 0.2) is 84.8 Å². The summed E-state index contributed by atoms with van der Waals surface area (Å²) in [5.41, 5.74) is 4.83. The van der Waals surface area contributed by atoms with Crippen molar-refractivity contribution < 1.29 is 30.0 Å². The predicted molar refractivity (Wildman–Crippen MR) is 214 cm³/mol. The molecule has 5 aromatic rings. The Labute approximate surface area is 320 Å². The number of hydrogen-bond donors (Lipinski definition) is 1. The summed E-state index contributed by atoms with van der Waals surface area (Å²) in [5, 5.41) is 17.6. The van der Waals surface area contributed by atoms with Gasteiger partial charge in [0.1, 0.15) is 0 Å². The van der Waals surface area contributed by atoms with Crippen LogP contribution in [0, 0.1) is 35.7 Å². The van der Waals surface area contributed by atoms with Gasteiger partial charge in [0.2, 0.25) is 0 Å². The summed E-state index contributed by atoms with van der Waals surface area (Å²) < 4.78 is 0. The molecule has 0 spiro atoms. The minimum atomic E-state index is 0. The standard InChI is InChI=1S/C31H30N.C16H28O2.Ir/c1-20(2)15-22-17-23(16-21(3)4)19-25(18-22)31-30-12-11-27-26-8-6-5-7-24(26)9-10-28(27)29(30)13-14-32-31;1-4-12(5-2)15(17)11-16(18)14(6-3)13-9-7-8-10-13;/h5-14,17-18,20-21H,15-16H2,1-4H3;11-14,17H,4-10H2,1-3H3;/q-1;;/b;15-11-;. The molecule has 1 saturated carbocycles. The minimum absolute atomic E-state index is 0. The van der Waals surface area contributed by atoms with Crippen LogP contribution in [0.1, 0.15) is 105 Å². The van der Waals surface area contributed by atoms with E-state index in [4.69, 9.17) is 4.98 Å². The van der Waals surface area contributed by atoms with E-state index < -0.39 is 0 Å². The molecule has 0 saturated heterocycles. The smallest absolute Gasteiger partial charge is 0.162 e. The first kappa shape index (κ1) is 40.4. The average molecular weight is 861 g/mol. The second-order valence-corrected chi connectivity index (χ2v) is 15.4. The van der Waals surface area contributed by atoms with E-state index in [0.29, 0.717) is 23.5 Å². The minimum Gasteiger partial charge on any atom is -0.512 e. The Morgan fingerprint density at radius 1 is 0.804 bits per heavy atom. The van der Waals surface area contributed by atoms with E-state index >= 15 is 0 Å². The van der Waals surface area contributed by atoms with Gasteiger partial charge in [-0.1, -0.05) is 110 Å². The number of aromatic nitrogens is 1. The Kier molecular flexibility index (Phi) is 15.0. The average Bonchev–Trinajstić information content (AvgIpc) is 3.63. The molecule has 3 nitrogen and oxygen atoms in total. The summed E-state index contributed by atoms with van der Waals surface area (Å²) >= 11 is 0. The van der Waals surface area contributed by atoms with Crippen molar-refractivity contribution in [3.8, 4) is 11.3 Å². The van der Waals surface area contributed by atoms with Crippen molar-refractivity contribution in [3.63, 3.8) is 0 Å². The molecule has 51 heavy (non-hydrogen) atoms. The fourth-order valence-corrected chi connectivity index (χ4v) is 8.13. The summed E-state index contributed by atoms with van der Waals surface area (Å²) in [7, 11) is 0. The van der Waals surface area contributed by atoms with Gasteiger partial charge >= 0.3 is 0 Å². The molecule has 4 aromatic carbocycles. The fourth-order valence-electron chi connectivity index (χ4n) is 8.13. The van der Waals surface area contributed by atoms with Crippen molar-refractivity contribution in [1.29, 1.82) is 0 Å². The maximum Gasteiger partial charge on any atom is 0.162 e. The van der Waals surface area contributed by atoms with Crippen molar-refractivity contribution in [3.05, 3.63) is 102 Å². The van der Waals surface area contributed by atoms with Gasteiger partial charge in [-0.05, 0) is 107 Å². The fraction of sp³-hybridized carbons (Fsp3) is 0.447. The largest absolute Gasteiger partial charge is 0.512 e. The first-order chi connectivity index (χ1) is 24.1. The van der Waals surface area contributed by atoms with Crippen LogP contribution < -0.4 is 0 Å². The first-order valence-electron chi connectivity index (χ1n) is 19.3. The summed E-state index contributed by atoms with van der Waals surface area (Å²) in [4.78, 5) is 17.1. The monoisotopic (exact) mass is 861 g/mol. The molecule has 0 amide bonds. The molecule has 1 aliphatic carbocycles. The number of benzene rings is 4. The van der Waals surface area contributed by atoms with E-state index in [1.807, 2.05) is 6.20 Å². The first-order valence-corrected chi connectivity index (χ1v) is 19.3. The quantitative estimate of drug-likeness (QED) is 0.0588. The van der Waals surface area contributed by atoms with Gasteiger partial charge in [-0.25, -0.2) is 0 Å². The zero-order chi connectivity index (χ0) is 35.8. The van der Waals surface area contributed by atoms with Crippen LogP contribution in [0.3, 0.4) is 0 Å². The summed E-state index contributed by atoms with van der Waals surface area (Å²) in [6.45, 7) is 15.3. The Morgan fingerprint density at radius 2 is 1.43 bits per heavy atom. The van der Waals surface area contributed by atoms with Gasteiger partial charge in [-0.2, -0.15) is 0 Å². The Hall–Kier alpha value is -3.33. The Morgan fingerprint density at radius 3 is 2.10 bits per heavy atom. The van der Waals surface area contributed by atoms with Gasteiger partial charge < -0.3 is 10.1 Å². The molecule has 1 atom stereocenters. The van der Waals surface area contributed by atoms with E-state index in [2.05, 4.69) is 121 Å². The molecule has 0 bridgehead atoms. The molecule has 273 valence electrons. The van der Waals surface area contributed by atoms with Crippen molar-refractivity contribution in [1.82, 2.24) is 4.98 Å². The number of aliphatic hydroxyl groups is 1. The number of carbonyl (C=O) groups is 1. The molecule has 6 rings (SSSR count). The topological polar surface area (TPSA) is 50.2 Å². The number of nitrogens with zero attached hydrogens (tertiary/aromatic N) is 1. The van der Waals surface area contributed by atoms with E-state index in [1.54, 1.807) is 0 Å². The third kappa shape index (κ3) is 9.96. The van der Waals surface area contributed by atoms with E-state index in [1.165, 1.54) is 75.2 Å². The second-order valence-electron chi connectivity index (χ2n) is 15.4. The molecule has 1 unspecified atom stereocenters. The SMILES string of the molecule is CC(C)Cc1[c-]c(-c2nccc3c2ccc2c4ccccc4ccc32)cc(CC(C)C)c1.CCC(CC)/C(O)=C/C(=O)C(CC)C1CCCC1.[Ir]. The van der Waals surface area contributed by atoms with Crippen molar-refractivity contribution in [2.24, 2.45) is 29.6 Å². The normalized spacial score (nSPS) is 14.4. The van der Waals surface area contributed by atoms with Crippen LogP contribution in [0.25, 0.3) is 43.6 Å². The van der Waals surface area contributed by atoms with Crippen LogP contribution in [-0.2, 0) is 37.7 Å². The van der Waals surface area contributed by atoms with Gasteiger partial charge in [0, 0.05) is 44.2 Å². The Balaban J connectivity index is 0.000000264. The molecule has 1 heterocycles. The van der Waals surface area contributed by atoms with Gasteiger partial charge in [0.15, 0.2) is 5.78 Å². The second kappa shape index (κ2) is 19.0. The molecule has 1 radical (unpaired) electrons. The molecule has 1 fully saturated rings. The maximum atomic E-state index is 12.3. The van der Waals surface area contributed by atoms with Crippen LogP contribution in [0.5, 0.6) is 0 Å². The van der Waals surface area contributed by atoms with Crippen LogP contribution in [-0.4, -0.2) is 15.9 Å². The molecular weight excluding hydrogens is 803 g/mol.